The Bertz CT molecular complexity index is 776. The molecule has 1 fully saturated rings. The van der Waals surface area contributed by atoms with Crippen molar-refractivity contribution in [3.05, 3.63) is 11.8 Å². The van der Waals surface area contributed by atoms with Gasteiger partial charge in [0.05, 0.1) is 23.7 Å². The summed E-state index contributed by atoms with van der Waals surface area (Å²) in [6, 6.07) is 0. The van der Waals surface area contributed by atoms with Crippen molar-refractivity contribution < 1.29 is 14.9 Å². The maximum atomic E-state index is 9.90. The van der Waals surface area contributed by atoms with Gasteiger partial charge in [0.1, 0.15) is 18.1 Å². The molecule has 0 spiro atoms. The quantitative estimate of drug-likeness (QED) is 0.555. The van der Waals surface area contributed by atoms with Crippen LogP contribution in [0.5, 0.6) is 0 Å². The molecule has 2 aromatic heterocycles. The summed E-state index contributed by atoms with van der Waals surface area (Å²) < 4.78 is 7.39. The number of ether oxygens (including phenoxy) is 1. The highest BCUT2D eigenvalue weighted by molar-refractivity contribution is 5.93. The highest BCUT2D eigenvalue weighted by atomic mass is 16.5. The summed E-state index contributed by atoms with van der Waals surface area (Å²) in [5.74, 6) is 6.07. The van der Waals surface area contributed by atoms with Crippen LogP contribution in [0.3, 0.4) is 0 Å². The fraction of sp³-hybridized carbons (Fsp3) is 0.429. The smallest absolute Gasteiger partial charge is 0.223 e. The molecular formula is C14H17N5O3. The molecule has 1 aliphatic heterocycles. The maximum absolute atomic E-state index is 9.90. The van der Waals surface area contributed by atoms with Crippen molar-refractivity contribution in [3.63, 3.8) is 0 Å². The zero-order valence-electron chi connectivity index (χ0n) is 12.0. The molecular weight excluding hydrogens is 286 g/mol. The second kappa shape index (κ2) is 5.46. The first-order valence-corrected chi connectivity index (χ1v) is 6.85. The molecule has 8 heteroatoms. The van der Waals surface area contributed by atoms with Gasteiger partial charge in [-0.3, -0.25) is 0 Å². The molecule has 8 nitrogen and oxygen atoms in total. The number of nitrogens with two attached hydrogens (primary N) is 2. The van der Waals surface area contributed by atoms with E-state index in [9.17, 15) is 10.2 Å². The van der Waals surface area contributed by atoms with Crippen LogP contribution < -0.4 is 11.5 Å². The van der Waals surface area contributed by atoms with Crippen molar-refractivity contribution in [1.82, 2.24) is 14.5 Å². The third kappa shape index (κ3) is 2.25. The Morgan fingerprint density at radius 1 is 1.45 bits per heavy atom. The SMILES string of the molecule is CC#Cc1cn([C@H]2C[C@H](O)[C@@H](CO)O2)c2nc(N)nc(N)c12. The fourth-order valence-electron chi connectivity index (χ4n) is 2.69. The van der Waals surface area contributed by atoms with Gasteiger partial charge < -0.3 is 31.0 Å². The number of aliphatic hydroxyl groups is 2. The number of aromatic nitrogens is 3. The Hall–Kier alpha value is -2.34. The summed E-state index contributed by atoms with van der Waals surface area (Å²) in [5, 5.41) is 19.7. The normalized spacial score (nSPS) is 24.4. The van der Waals surface area contributed by atoms with Crippen LogP contribution in [0.25, 0.3) is 11.0 Å². The van der Waals surface area contributed by atoms with Gasteiger partial charge in [0.25, 0.3) is 0 Å². The Balaban J connectivity index is 2.15. The lowest BCUT2D eigenvalue weighted by Gasteiger charge is -2.14. The lowest BCUT2D eigenvalue weighted by Crippen LogP contribution is -2.24. The van der Waals surface area contributed by atoms with Gasteiger partial charge in [-0.1, -0.05) is 5.92 Å². The van der Waals surface area contributed by atoms with Gasteiger partial charge in [0.2, 0.25) is 5.95 Å². The molecule has 3 atom stereocenters. The van der Waals surface area contributed by atoms with Crippen molar-refractivity contribution in [2.75, 3.05) is 18.1 Å². The van der Waals surface area contributed by atoms with Crippen LogP contribution in [-0.4, -0.2) is 43.6 Å². The summed E-state index contributed by atoms with van der Waals surface area (Å²) >= 11 is 0. The van der Waals surface area contributed by atoms with E-state index in [2.05, 4.69) is 21.8 Å². The molecule has 22 heavy (non-hydrogen) atoms. The monoisotopic (exact) mass is 303 g/mol. The standard InChI is InChI=1S/C14H17N5O3/c1-2-3-7-5-19(10-4-8(21)9(6-20)22-10)13-11(7)12(15)17-14(16)18-13/h5,8-10,20-21H,4,6H2,1H3,(H4,15,16,17,18)/t8-,9+,10+/m0/s1. The predicted molar refractivity (Wildman–Crippen MR) is 80.5 cm³/mol. The molecule has 0 amide bonds. The van der Waals surface area contributed by atoms with Gasteiger partial charge in [0.15, 0.2) is 5.65 Å². The molecule has 0 unspecified atom stereocenters. The van der Waals surface area contributed by atoms with E-state index < -0.39 is 18.4 Å². The molecule has 1 saturated heterocycles. The number of hydrogen-bond donors (Lipinski definition) is 4. The first-order valence-electron chi connectivity index (χ1n) is 6.85. The Labute approximate surface area is 126 Å². The Morgan fingerprint density at radius 3 is 2.86 bits per heavy atom. The van der Waals surface area contributed by atoms with E-state index in [-0.39, 0.29) is 18.4 Å². The highest BCUT2D eigenvalue weighted by Crippen LogP contribution is 2.34. The molecule has 116 valence electrons. The first-order chi connectivity index (χ1) is 10.5. The second-order valence-corrected chi connectivity index (χ2v) is 5.11. The summed E-state index contributed by atoms with van der Waals surface area (Å²) in [6.07, 6.45) is 0.237. The van der Waals surface area contributed by atoms with Crippen LogP contribution in [0, 0.1) is 11.8 Å². The minimum atomic E-state index is -0.746. The molecule has 1 aliphatic rings. The molecule has 3 heterocycles. The highest BCUT2D eigenvalue weighted by Gasteiger charge is 2.35. The van der Waals surface area contributed by atoms with E-state index in [1.54, 1.807) is 17.7 Å². The molecule has 6 N–H and O–H groups in total. The van der Waals surface area contributed by atoms with Crippen LogP contribution >= 0.6 is 0 Å². The molecule has 0 radical (unpaired) electrons. The number of fused-ring (bicyclic) bond motifs is 1. The van der Waals surface area contributed by atoms with Crippen molar-refractivity contribution in [1.29, 1.82) is 0 Å². The summed E-state index contributed by atoms with van der Waals surface area (Å²) in [7, 11) is 0. The number of anilines is 2. The second-order valence-electron chi connectivity index (χ2n) is 5.11. The van der Waals surface area contributed by atoms with Crippen LogP contribution in [0.1, 0.15) is 25.1 Å². The van der Waals surface area contributed by atoms with Crippen LogP contribution in [0.2, 0.25) is 0 Å². The minimum absolute atomic E-state index is 0.0533. The summed E-state index contributed by atoms with van der Waals surface area (Å²) in [4.78, 5) is 8.18. The predicted octanol–water partition coefficient (Wildman–Crippen LogP) is -0.392. The Kier molecular flexibility index (Phi) is 3.62. The van der Waals surface area contributed by atoms with Crippen LogP contribution in [0.15, 0.2) is 6.20 Å². The van der Waals surface area contributed by atoms with Gasteiger partial charge in [-0.25, -0.2) is 0 Å². The van der Waals surface area contributed by atoms with Crippen LogP contribution in [0.4, 0.5) is 11.8 Å². The lowest BCUT2D eigenvalue weighted by atomic mass is 10.2. The number of nitrogens with zero attached hydrogens (tertiary/aromatic N) is 3. The molecule has 0 bridgehead atoms. The third-order valence-electron chi connectivity index (χ3n) is 3.67. The van der Waals surface area contributed by atoms with Crippen molar-refractivity contribution >= 4 is 22.8 Å². The number of rotatable bonds is 2. The topological polar surface area (TPSA) is 132 Å². The van der Waals surface area contributed by atoms with E-state index in [4.69, 9.17) is 16.2 Å². The van der Waals surface area contributed by atoms with E-state index >= 15 is 0 Å². The average Bonchev–Trinajstić information content (AvgIpc) is 3.00. The molecule has 0 saturated carbocycles. The van der Waals surface area contributed by atoms with E-state index in [0.29, 0.717) is 23.0 Å². The lowest BCUT2D eigenvalue weighted by molar-refractivity contribution is -0.0430. The summed E-state index contributed by atoms with van der Waals surface area (Å²) in [5.41, 5.74) is 12.8. The minimum Gasteiger partial charge on any atom is -0.394 e. The van der Waals surface area contributed by atoms with Gasteiger partial charge in [-0.15, -0.1) is 5.92 Å². The summed E-state index contributed by atoms with van der Waals surface area (Å²) in [6.45, 7) is 1.47. The largest absolute Gasteiger partial charge is 0.394 e. The van der Waals surface area contributed by atoms with E-state index in [0.717, 1.165) is 0 Å². The van der Waals surface area contributed by atoms with Crippen LogP contribution in [-0.2, 0) is 4.74 Å². The number of aliphatic hydroxyl groups excluding tert-OH is 2. The number of hydrogen-bond acceptors (Lipinski definition) is 7. The van der Waals surface area contributed by atoms with Gasteiger partial charge >= 0.3 is 0 Å². The van der Waals surface area contributed by atoms with Crippen molar-refractivity contribution in [2.45, 2.75) is 31.8 Å². The van der Waals surface area contributed by atoms with Gasteiger partial charge in [-0.05, 0) is 6.92 Å². The molecule has 2 aromatic rings. The van der Waals surface area contributed by atoms with Gasteiger partial charge in [-0.2, -0.15) is 9.97 Å². The molecule has 0 aromatic carbocycles. The fourth-order valence-corrected chi connectivity index (χ4v) is 2.69. The molecule has 0 aliphatic carbocycles. The maximum Gasteiger partial charge on any atom is 0.223 e. The Morgan fingerprint density at radius 2 is 2.23 bits per heavy atom. The van der Waals surface area contributed by atoms with Crippen molar-refractivity contribution in [2.24, 2.45) is 0 Å². The van der Waals surface area contributed by atoms with Crippen molar-refractivity contribution in [3.8, 4) is 11.8 Å². The van der Waals surface area contributed by atoms with Gasteiger partial charge in [0, 0.05) is 12.6 Å². The van der Waals surface area contributed by atoms with E-state index in [1.807, 2.05) is 0 Å². The van der Waals surface area contributed by atoms with E-state index in [1.165, 1.54) is 0 Å². The number of nitrogen functional groups attached to an aromatic ring is 2. The zero-order valence-corrected chi connectivity index (χ0v) is 12.0. The first kappa shape index (κ1) is 14.6. The average molecular weight is 303 g/mol. The third-order valence-corrected chi connectivity index (χ3v) is 3.67. The molecule has 3 rings (SSSR count). The zero-order chi connectivity index (χ0) is 15.9.